The molecule has 3 aliphatic rings. The Balaban J connectivity index is 1.34. The largest absolute Gasteiger partial charge is 0.393 e. The molecule has 2 aromatic rings. The summed E-state index contributed by atoms with van der Waals surface area (Å²) in [5, 5.41) is 9.85. The number of pyridine rings is 1. The number of nitrogens with zero attached hydrogens (tertiary/aromatic N) is 3. The number of piperidine rings is 1. The number of amides is 2. The van der Waals surface area contributed by atoms with Crippen LogP contribution in [0, 0.1) is 11.2 Å². The Bertz CT molecular complexity index is 1160. The molecule has 0 bridgehead atoms. The summed E-state index contributed by atoms with van der Waals surface area (Å²) in [6, 6.07) is 7.22. The van der Waals surface area contributed by atoms with Gasteiger partial charge in [-0.05, 0) is 80.7 Å². The van der Waals surface area contributed by atoms with Crippen molar-refractivity contribution in [2.45, 2.75) is 70.4 Å². The van der Waals surface area contributed by atoms with Gasteiger partial charge in [0, 0.05) is 37.4 Å². The number of anilines is 1. The Morgan fingerprint density at radius 1 is 1.17 bits per heavy atom. The summed E-state index contributed by atoms with van der Waals surface area (Å²) >= 11 is 0. The molecule has 2 amide bonds. The Hall–Kier alpha value is -3.00. The maximum absolute atomic E-state index is 15.4. The van der Waals surface area contributed by atoms with E-state index in [1.54, 1.807) is 12.3 Å². The van der Waals surface area contributed by atoms with E-state index in [2.05, 4.69) is 4.98 Å². The van der Waals surface area contributed by atoms with Crippen LogP contribution >= 0.6 is 0 Å². The summed E-state index contributed by atoms with van der Waals surface area (Å²) in [6.45, 7) is 3.92. The van der Waals surface area contributed by atoms with Crippen LogP contribution in [0.5, 0.6) is 0 Å². The number of hydrogen-bond acceptors (Lipinski definition) is 5. The lowest BCUT2D eigenvalue weighted by molar-refractivity contribution is -0.139. The number of nitrogens with two attached hydrogens (primary N) is 1. The molecular weight excluding hydrogens is 459 g/mol. The third-order valence-corrected chi connectivity index (χ3v) is 8.43. The second-order valence-corrected chi connectivity index (χ2v) is 10.6. The van der Waals surface area contributed by atoms with Gasteiger partial charge in [0.2, 0.25) is 5.91 Å². The summed E-state index contributed by atoms with van der Waals surface area (Å²) in [4.78, 5) is 33.5. The Morgan fingerprint density at radius 2 is 1.94 bits per heavy atom. The lowest BCUT2D eigenvalue weighted by Gasteiger charge is -2.41. The van der Waals surface area contributed by atoms with Crippen LogP contribution in [0.1, 0.15) is 67.9 Å². The molecule has 192 valence electrons. The number of rotatable bonds is 5. The highest BCUT2D eigenvalue weighted by Crippen LogP contribution is 2.44. The first-order chi connectivity index (χ1) is 17.3. The minimum Gasteiger partial charge on any atom is -0.393 e. The molecule has 1 aliphatic carbocycles. The SMILES string of the molecule is CCc1cc(-c2ccc(N3CCC[C@]4(CCN([C@H]5CC[C@@H](O)CC5)C4=O)C3)c(F)c2)cnc1C(N)=O. The van der Waals surface area contributed by atoms with E-state index in [1.807, 2.05) is 28.9 Å². The van der Waals surface area contributed by atoms with Crippen molar-refractivity contribution in [1.82, 2.24) is 9.88 Å². The molecule has 1 atom stereocenters. The van der Waals surface area contributed by atoms with Crippen molar-refractivity contribution in [3.63, 3.8) is 0 Å². The second-order valence-electron chi connectivity index (χ2n) is 10.6. The molecule has 2 saturated heterocycles. The van der Waals surface area contributed by atoms with E-state index >= 15 is 4.39 Å². The highest BCUT2D eigenvalue weighted by Gasteiger charge is 2.50. The van der Waals surface area contributed by atoms with Gasteiger partial charge in [-0.25, -0.2) is 4.39 Å². The molecule has 2 aliphatic heterocycles. The number of aromatic nitrogens is 1. The Kier molecular flexibility index (Phi) is 6.72. The molecule has 1 saturated carbocycles. The van der Waals surface area contributed by atoms with Crippen LogP contribution in [-0.4, -0.2) is 58.6 Å². The van der Waals surface area contributed by atoms with Crippen LogP contribution in [0.4, 0.5) is 10.1 Å². The van der Waals surface area contributed by atoms with Gasteiger partial charge in [0.05, 0.1) is 17.2 Å². The number of carbonyl (C=O) groups is 2. The van der Waals surface area contributed by atoms with Crippen LogP contribution in [0.25, 0.3) is 11.1 Å². The molecule has 7 nitrogen and oxygen atoms in total. The smallest absolute Gasteiger partial charge is 0.267 e. The van der Waals surface area contributed by atoms with Crippen molar-refractivity contribution in [3.05, 3.63) is 47.5 Å². The summed E-state index contributed by atoms with van der Waals surface area (Å²) in [5.41, 5.74) is 7.88. The lowest BCUT2D eigenvalue weighted by atomic mass is 9.78. The third-order valence-electron chi connectivity index (χ3n) is 8.43. The zero-order valence-electron chi connectivity index (χ0n) is 20.9. The average molecular weight is 495 g/mol. The zero-order valence-corrected chi connectivity index (χ0v) is 20.9. The van der Waals surface area contributed by atoms with Gasteiger partial charge in [-0.15, -0.1) is 0 Å². The molecule has 1 spiro atoms. The highest BCUT2D eigenvalue weighted by atomic mass is 19.1. The van der Waals surface area contributed by atoms with Gasteiger partial charge < -0.3 is 20.6 Å². The summed E-state index contributed by atoms with van der Waals surface area (Å²) in [5.74, 6) is -0.691. The molecule has 1 aromatic carbocycles. The van der Waals surface area contributed by atoms with Crippen molar-refractivity contribution in [1.29, 1.82) is 0 Å². The van der Waals surface area contributed by atoms with Gasteiger partial charge in [0.15, 0.2) is 0 Å². The van der Waals surface area contributed by atoms with Crippen LogP contribution in [0.3, 0.4) is 0 Å². The number of benzene rings is 1. The number of primary amides is 1. The highest BCUT2D eigenvalue weighted by molar-refractivity contribution is 5.92. The predicted octanol–water partition coefficient (Wildman–Crippen LogP) is 3.67. The van der Waals surface area contributed by atoms with E-state index < -0.39 is 11.3 Å². The molecule has 5 rings (SSSR count). The van der Waals surface area contributed by atoms with E-state index in [9.17, 15) is 14.7 Å². The standard InChI is InChI=1S/C28H35FN4O3/c1-2-18-14-20(16-31-25(18)26(30)35)19-4-9-24(23(29)15-19)32-12-3-10-28(17-32)11-13-33(27(28)36)21-5-7-22(34)8-6-21/h4,9,14-16,21-22,34H,2-3,5-8,10-13,17H2,1H3,(H2,30,35)/t21-,22+,28-/m0/s1. The van der Waals surface area contributed by atoms with Crippen molar-refractivity contribution < 1.29 is 19.1 Å². The number of hydrogen-bond donors (Lipinski definition) is 2. The number of aliphatic hydroxyl groups is 1. The molecule has 1 aromatic heterocycles. The van der Waals surface area contributed by atoms with Gasteiger partial charge in [0.25, 0.3) is 5.91 Å². The fourth-order valence-corrected chi connectivity index (χ4v) is 6.38. The van der Waals surface area contributed by atoms with Crippen molar-refractivity contribution in [2.75, 3.05) is 24.5 Å². The third kappa shape index (κ3) is 4.47. The topological polar surface area (TPSA) is 99.8 Å². The van der Waals surface area contributed by atoms with Crippen LogP contribution < -0.4 is 10.6 Å². The first kappa shape index (κ1) is 24.7. The van der Waals surface area contributed by atoms with Gasteiger partial charge in [-0.3, -0.25) is 14.6 Å². The number of halogens is 1. The fraction of sp³-hybridized carbons (Fsp3) is 0.536. The lowest BCUT2D eigenvalue weighted by Crippen LogP contribution is -2.50. The quantitative estimate of drug-likeness (QED) is 0.661. The second kappa shape index (κ2) is 9.81. The summed E-state index contributed by atoms with van der Waals surface area (Å²) in [7, 11) is 0. The monoisotopic (exact) mass is 494 g/mol. The predicted molar refractivity (Wildman–Crippen MR) is 136 cm³/mol. The van der Waals surface area contributed by atoms with Crippen molar-refractivity contribution in [2.24, 2.45) is 11.1 Å². The van der Waals surface area contributed by atoms with Gasteiger partial charge >= 0.3 is 0 Å². The minimum atomic E-state index is -0.569. The Labute approximate surface area is 211 Å². The molecule has 36 heavy (non-hydrogen) atoms. The summed E-state index contributed by atoms with van der Waals surface area (Å²) in [6.07, 6.45) is 7.64. The number of carbonyl (C=O) groups excluding carboxylic acids is 2. The van der Waals surface area contributed by atoms with Crippen LogP contribution in [0.15, 0.2) is 30.5 Å². The molecule has 3 heterocycles. The molecule has 3 N–H and O–H groups in total. The van der Waals surface area contributed by atoms with E-state index in [4.69, 9.17) is 5.73 Å². The van der Waals surface area contributed by atoms with Gasteiger partial charge in [-0.2, -0.15) is 0 Å². The van der Waals surface area contributed by atoms with Crippen LogP contribution in [0.2, 0.25) is 0 Å². The number of likely N-dealkylation sites (tertiary alicyclic amines) is 1. The molecular formula is C28H35FN4O3. The first-order valence-corrected chi connectivity index (χ1v) is 13.1. The van der Waals surface area contributed by atoms with E-state index in [1.165, 1.54) is 6.07 Å². The van der Waals surface area contributed by atoms with E-state index in [-0.39, 0.29) is 29.6 Å². The first-order valence-electron chi connectivity index (χ1n) is 13.1. The maximum Gasteiger partial charge on any atom is 0.267 e. The molecule has 0 radical (unpaired) electrons. The molecule has 0 unspecified atom stereocenters. The van der Waals surface area contributed by atoms with E-state index in [0.29, 0.717) is 24.2 Å². The number of aryl methyl sites for hydroxylation is 1. The maximum atomic E-state index is 15.4. The zero-order chi connectivity index (χ0) is 25.4. The van der Waals surface area contributed by atoms with Crippen molar-refractivity contribution >= 4 is 17.5 Å². The van der Waals surface area contributed by atoms with Crippen molar-refractivity contribution in [3.8, 4) is 11.1 Å². The minimum absolute atomic E-state index is 0.207. The summed E-state index contributed by atoms with van der Waals surface area (Å²) < 4.78 is 15.4. The average Bonchev–Trinajstić information content (AvgIpc) is 3.18. The van der Waals surface area contributed by atoms with Crippen LogP contribution in [-0.2, 0) is 11.2 Å². The Morgan fingerprint density at radius 3 is 2.64 bits per heavy atom. The number of aliphatic hydroxyl groups excluding tert-OH is 1. The molecule has 3 fully saturated rings. The van der Waals surface area contributed by atoms with Gasteiger partial charge in [-0.1, -0.05) is 13.0 Å². The molecule has 8 heteroatoms. The van der Waals surface area contributed by atoms with E-state index in [0.717, 1.165) is 69.2 Å². The van der Waals surface area contributed by atoms with Gasteiger partial charge in [0.1, 0.15) is 11.5 Å². The fourth-order valence-electron chi connectivity index (χ4n) is 6.38. The normalized spacial score (nSPS) is 26.6.